The van der Waals surface area contributed by atoms with E-state index in [1.807, 2.05) is 27.7 Å². The Morgan fingerprint density at radius 3 is 1.30 bits per heavy atom. The van der Waals surface area contributed by atoms with Crippen molar-refractivity contribution in [2.45, 2.75) is 182 Å². The lowest BCUT2D eigenvalue weighted by Gasteiger charge is -2.27. The average Bonchev–Trinajstić information content (AvgIpc) is 3.61. The van der Waals surface area contributed by atoms with Crippen LogP contribution in [0.3, 0.4) is 0 Å². The lowest BCUT2D eigenvalue weighted by atomic mass is 9.96. The fraction of sp³-hybridized carbons (Fsp3) is 0.816. The minimum Gasteiger partial charge on any atom is -0.375 e. The van der Waals surface area contributed by atoms with Crippen molar-refractivity contribution in [1.29, 1.82) is 0 Å². The quantitative estimate of drug-likeness (QED) is 0.0323. The number of hydrogen-bond donors (Lipinski definition) is 8. The molecule has 0 aromatic heterocycles. The van der Waals surface area contributed by atoms with Crippen molar-refractivity contribution < 1.29 is 62.2 Å². The van der Waals surface area contributed by atoms with Crippen LogP contribution in [0.15, 0.2) is 0 Å². The Bertz CT molecular complexity index is 1550. The van der Waals surface area contributed by atoms with Gasteiger partial charge in [0.05, 0.1) is 18.1 Å². The summed E-state index contributed by atoms with van der Waals surface area (Å²) in [6, 6.07) is -1.64. The van der Waals surface area contributed by atoms with Crippen LogP contribution in [0.4, 0.5) is 0 Å². The Morgan fingerprint density at radius 2 is 0.873 bits per heavy atom. The number of carbonyl (C=O) groups excluding carboxylic acids is 9. The number of carbonyl (C=O) groups is 9. The summed E-state index contributed by atoms with van der Waals surface area (Å²) in [7, 11) is 4.22. The first kappa shape index (κ1) is 68.6. The first-order chi connectivity index (χ1) is 33.6. The molecule has 22 heteroatoms. The van der Waals surface area contributed by atoms with Crippen LogP contribution in [0.2, 0.25) is 0 Å². The number of nitrogens with two attached hydrogens (primary N) is 2. The zero-order valence-corrected chi connectivity index (χ0v) is 44.9. The number of rotatable bonds is 37. The van der Waals surface area contributed by atoms with E-state index in [2.05, 4.69) is 55.3 Å². The van der Waals surface area contributed by atoms with Crippen LogP contribution >= 0.6 is 0 Å². The van der Waals surface area contributed by atoms with Gasteiger partial charge in [-0.05, 0) is 83.7 Å². The SMILES string of the molecule is CC(C)NC(CCCCN)C(=O)C(C)C.COCC(=O)NCCCCC(NC(C)C)C(=O)NC(CCCCN)C(=O)NC(CCCCNC(=O)COC)C(=O)C(C)C.COCC(=O)ON1C(=O)CCC1=O. The summed E-state index contributed by atoms with van der Waals surface area (Å²) in [4.78, 5) is 112. The number of ether oxygens (including phenoxy) is 3. The van der Waals surface area contributed by atoms with Crippen molar-refractivity contribution in [3.63, 3.8) is 0 Å². The molecule has 0 aromatic carbocycles. The van der Waals surface area contributed by atoms with E-state index in [1.54, 1.807) is 13.8 Å². The molecule has 71 heavy (non-hydrogen) atoms. The Hall–Kier alpha value is -4.45. The maximum Gasteiger partial charge on any atom is 0.358 e. The second-order valence-electron chi connectivity index (χ2n) is 18.6. The first-order valence-electron chi connectivity index (χ1n) is 25.3. The third-order valence-electron chi connectivity index (χ3n) is 10.5. The summed E-state index contributed by atoms with van der Waals surface area (Å²) in [5.41, 5.74) is 11.1. The molecule has 412 valence electrons. The molecule has 6 amide bonds. The molecule has 1 rings (SSSR count). The average molecular weight is 1020 g/mol. The number of imide groups is 1. The van der Waals surface area contributed by atoms with Crippen molar-refractivity contribution in [3.8, 4) is 0 Å². The molecule has 1 heterocycles. The molecule has 0 aromatic rings. The Balaban J connectivity index is 0. The summed E-state index contributed by atoms with van der Waals surface area (Å²) >= 11 is 0. The van der Waals surface area contributed by atoms with Gasteiger partial charge >= 0.3 is 5.97 Å². The molecule has 0 aliphatic carbocycles. The number of nitrogens with zero attached hydrogens (tertiary/aromatic N) is 1. The number of hydroxylamine groups is 2. The highest BCUT2D eigenvalue weighted by Crippen LogP contribution is 2.13. The van der Waals surface area contributed by atoms with Gasteiger partial charge in [-0.2, -0.15) is 0 Å². The monoisotopic (exact) mass is 1020 g/mol. The van der Waals surface area contributed by atoms with E-state index >= 15 is 0 Å². The Labute approximate surface area is 423 Å². The van der Waals surface area contributed by atoms with E-state index in [9.17, 15) is 43.2 Å². The van der Waals surface area contributed by atoms with Gasteiger partial charge in [-0.15, -0.1) is 5.06 Å². The van der Waals surface area contributed by atoms with Crippen LogP contribution in [-0.4, -0.2) is 162 Å². The maximum absolute atomic E-state index is 13.5. The van der Waals surface area contributed by atoms with E-state index in [4.69, 9.17) is 20.9 Å². The summed E-state index contributed by atoms with van der Waals surface area (Å²) in [6.07, 6.45) is 8.44. The largest absolute Gasteiger partial charge is 0.375 e. The van der Waals surface area contributed by atoms with Crippen molar-refractivity contribution in [1.82, 2.24) is 37.0 Å². The van der Waals surface area contributed by atoms with Crippen molar-refractivity contribution in [2.75, 3.05) is 67.3 Å². The summed E-state index contributed by atoms with van der Waals surface area (Å²) in [5.74, 6) is -2.76. The van der Waals surface area contributed by atoms with Gasteiger partial charge in [0.2, 0.25) is 23.6 Å². The van der Waals surface area contributed by atoms with Gasteiger partial charge in [-0.25, -0.2) is 4.79 Å². The number of unbranched alkanes of at least 4 members (excludes halogenated alkanes) is 4. The third-order valence-corrected chi connectivity index (χ3v) is 10.5. The van der Waals surface area contributed by atoms with Crippen LogP contribution in [0, 0.1) is 11.8 Å². The Kier molecular flexibility index (Phi) is 40.7. The van der Waals surface area contributed by atoms with Crippen LogP contribution in [-0.2, 0) is 62.2 Å². The highest BCUT2D eigenvalue weighted by atomic mass is 16.7. The van der Waals surface area contributed by atoms with Crippen LogP contribution in [0.25, 0.3) is 0 Å². The number of methoxy groups -OCH3 is 3. The zero-order valence-electron chi connectivity index (χ0n) is 44.9. The van der Waals surface area contributed by atoms with Gasteiger partial charge in [-0.3, -0.25) is 38.4 Å². The zero-order chi connectivity index (χ0) is 54.3. The second-order valence-corrected chi connectivity index (χ2v) is 18.6. The predicted molar refractivity (Wildman–Crippen MR) is 270 cm³/mol. The number of ketones is 2. The molecule has 1 saturated heterocycles. The van der Waals surface area contributed by atoms with Crippen LogP contribution in [0.5, 0.6) is 0 Å². The van der Waals surface area contributed by atoms with E-state index in [-0.39, 0.29) is 80.1 Å². The minimum atomic E-state index is -0.820. The smallest absolute Gasteiger partial charge is 0.358 e. The Morgan fingerprint density at radius 1 is 0.507 bits per heavy atom. The highest BCUT2D eigenvalue weighted by Gasteiger charge is 2.33. The van der Waals surface area contributed by atoms with Crippen LogP contribution < -0.4 is 43.4 Å². The molecule has 0 saturated carbocycles. The number of amides is 6. The van der Waals surface area contributed by atoms with Gasteiger partial charge in [0, 0.05) is 71.2 Å². The molecular weight excluding hydrogens is 923 g/mol. The van der Waals surface area contributed by atoms with Gasteiger partial charge in [0.25, 0.3) is 11.8 Å². The number of Topliss-reactive ketones (excluding diaryl/α,β-unsaturated/α-hetero) is 2. The summed E-state index contributed by atoms with van der Waals surface area (Å²) in [6.45, 7) is 17.4. The van der Waals surface area contributed by atoms with E-state index in [1.165, 1.54) is 21.3 Å². The molecule has 0 spiro atoms. The van der Waals surface area contributed by atoms with Crippen molar-refractivity contribution in [2.24, 2.45) is 23.3 Å². The lowest BCUT2D eigenvalue weighted by Crippen LogP contribution is -2.56. The van der Waals surface area contributed by atoms with E-state index < -0.39 is 41.8 Å². The van der Waals surface area contributed by atoms with Gasteiger partial charge in [0.15, 0.2) is 11.6 Å². The molecule has 1 aliphatic heterocycles. The van der Waals surface area contributed by atoms with Gasteiger partial charge in [0.1, 0.15) is 25.9 Å². The van der Waals surface area contributed by atoms with Crippen molar-refractivity contribution >= 4 is 53.0 Å². The van der Waals surface area contributed by atoms with E-state index in [0.29, 0.717) is 101 Å². The highest BCUT2D eigenvalue weighted by molar-refractivity contribution is 6.01. The van der Waals surface area contributed by atoms with E-state index in [0.717, 1.165) is 19.3 Å². The summed E-state index contributed by atoms with van der Waals surface area (Å²) < 4.78 is 14.1. The standard InChI is InChI=1S/C30H58N6O7.C12H26N2O.C7H9NO5/c1-21(2)28(39)23(13-8-11-17-32-26(37)19-42-5)35-30(41)25(14-7-10-16-31)36-29(40)24(34-22(3)4)15-9-12-18-33-27(38)20-43-6;1-9(2)12(15)11(14-10(3)4)7-5-6-8-13;1-12-4-7(11)13-8-5(9)2-3-6(8)10/h21-25,34H,7-20,31H2,1-6H3,(H,32,37)(H,33,38)(H,35,41)(H,36,40);9-11,14H,5-8,13H2,1-4H3;2-4H2,1H3. The first-order valence-corrected chi connectivity index (χ1v) is 25.3. The molecular formula is C49H93N9O13. The second kappa shape index (κ2) is 42.1. The van der Waals surface area contributed by atoms with Gasteiger partial charge < -0.3 is 62.4 Å². The maximum atomic E-state index is 13.5. The molecule has 0 radical (unpaired) electrons. The van der Waals surface area contributed by atoms with Crippen LogP contribution in [0.1, 0.15) is 145 Å². The molecule has 4 atom stereocenters. The molecule has 4 unspecified atom stereocenters. The normalized spacial score (nSPS) is 14.0. The van der Waals surface area contributed by atoms with Crippen molar-refractivity contribution in [3.05, 3.63) is 0 Å². The molecule has 0 bridgehead atoms. The molecule has 22 nitrogen and oxygen atoms in total. The molecule has 1 fully saturated rings. The predicted octanol–water partition coefficient (Wildman–Crippen LogP) is 1.49. The lowest BCUT2D eigenvalue weighted by molar-refractivity contribution is -0.199. The summed E-state index contributed by atoms with van der Waals surface area (Å²) in [5, 5.41) is 18.4. The number of nitrogens with one attached hydrogen (secondary N) is 6. The minimum absolute atomic E-state index is 0.00423. The number of hydrogen-bond acceptors (Lipinski definition) is 17. The molecule has 10 N–H and O–H groups in total. The third kappa shape index (κ3) is 34.5. The fourth-order valence-electron chi connectivity index (χ4n) is 6.96. The fourth-order valence-corrected chi connectivity index (χ4v) is 6.96. The topological polar surface area (TPSA) is 318 Å². The molecule has 1 aliphatic rings. The van der Waals surface area contributed by atoms with Gasteiger partial charge in [-0.1, -0.05) is 61.8 Å².